The number of halogens is 1. The minimum atomic E-state index is -1.07. The Morgan fingerprint density at radius 2 is 2.33 bits per heavy atom. The zero-order valence-corrected chi connectivity index (χ0v) is 8.65. The van der Waals surface area contributed by atoms with Crippen LogP contribution < -0.4 is 4.74 Å². The second-order valence-corrected chi connectivity index (χ2v) is 3.26. The van der Waals surface area contributed by atoms with Gasteiger partial charge in [0.05, 0.1) is 16.7 Å². The van der Waals surface area contributed by atoms with Crippen LogP contribution in [0.5, 0.6) is 5.75 Å². The molecule has 1 aromatic carbocycles. The second-order valence-electron chi connectivity index (χ2n) is 2.86. The monoisotopic (exact) mass is 225 g/mol. The molecule has 1 atom stereocenters. The summed E-state index contributed by atoms with van der Waals surface area (Å²) in [5.74, 6) is -0.819. The number of rotatable bonds is 3. The SMILES string of the molecule is CC(Oc1ccc(C#N)cc1Cl)C(=O)O. The van der Waals surface area contributed by atoms with Gasteiger partial charge < -0.3 is 9.84 Å². The van der Waals surface area contributed by atoms with Gasteiger partial charge in [-0.25, -0.2) is 4.79 Å². The largest absolute Gasteiger partial charge is 0.479 e. The van der Waals surface area contributed by atoms with Crippen molar-refractivity contribution in [2.75, 3.05) is 0 Å². The first kappa shape index (κ1) is 11.3. The summed E-state index contributed by atoms with van der Waals surface area (Å²) >= 11 is 5.79. The fraction of sp³-hybridized carbons (Fsp3) is 0.200. The number of nitrogens with zero attached hydrogens (tertiary/aromatic N) is 1. The summed E-state index contributed by atoms with van der Waals surface area (Å²) in [5.41, 5.74) is 0.398. The van der Waals surface area contributed by atoms with Crippen LogP contribution in [0.3, 0.4) is 0 Å². The zero-order chi connectivity index (χ0) is 11.4. The number of benzene rings is 1. The minimum absolute atomic E-state index is 0.224. The van der Waals surface area contributed by atoms with E-state index in [1.165, 1.54) is 25.1 Å². The Bertz CT molecular complexity index is 425. The molecule has 0 bridgehead atoms. The molecule has 1 unspecified atom stereocenters. The van der Waals surface area contributed by atoms with Gasteiger partial charge in [-0.3, -0.25) is 0 Å². The number of carboxylic acid groups (broad SMARTS) is 1. The van der Waals surface area contributed by atoms with Gasteiger partial charge in [-0.2, -0.15) is 5.26 Å². The lowest BCUT2D eigenvalue weighted by molar-refractivity contribution is -0.144. The van der Waals surface area contributed by atoms with E-state index < -0.39 is 12.1 Å². The van der Waals surface area contributed by atoms with Crippen molar-refractivity contribution in [2.24, 2.45) is 0 Å². The van der Waals surface area contributed by atoms with Crippen LogP contribution in [0.2, 0.25) is 5.02 Å². The number of aliphatic carboxylic acids is 1. The molecule has 0 saturated carbocycles. The smallest absolute Gasteiger partial charge is 0.344 e. The van der Waals surface area contributed by atoms with Crippen LogP contribution in [0, 0.1) is 11.3 Å². The lowest BCUT2D eigenvalue weighted by atomic mass is 10.2. The maximum atomic E-state index is 10.5. The number of carboxylic acids is 1. The van der Waals surface area contributed by atoms with Gasteiger partial charge in [0, 0.05) is 0 Å². The van der Waals surface area contributed by atoms with Gasteiger partial charge in [0.1, 0.15) is 5.75 Å². The van der Waals surface area contributed by atoms with Crippen LogP contribution in [0.4, 0.5) is 0 Å². The lowest BCUT2D eigenvalue weighted by Crippen LogP contribution is -2.22. The van der Waals surface area contributed by atoms with Crippen molar-refractivity contribution in [3.8, 4) is 11.8 Å². The number of hydrogen-bond donors (Lipinski definition) is 1. The van der Waals surface area contributed by atoms with E-state index in [4.69, 9.17) is 26.7 Å². The van der Waals surface area contributed by atoms with E-state index in [-0.39, 0.29) is 10.8 Å². The predicted octanol–water partition coefficient (Wildman–Crippen LogP) is 2.06. The third kappa shape index (κ3) is 2.86. The van der Waals surface area contributed by atoms with E-state index in [1.807, 2.05) is 6.07 Å². The summed E-state index contributed by atoms with van der Waals surface area (Å²) in [4.78, 5) is 10.5. The summed E-state index contributed by atoms with van der Waals surface area (Å²) in [6.45, 7) is 1.40. The Labute approximate surface area is 91.7 Å². The van der Waals surface area contributed by atoms with Crippen molar-refractivity contribution in [1.29, 1.82) is 5.26 Å². The van der Waals surface area contributed by atoms with Gasteiger partial charge in [0.25, 0.3) is 0 Å². The van der Waals surface area contributed by atoms with Crippen molar-refractivity contribution >= 4 is 17.6 Å². The first-order valence-corrected chi connectivity index (χ1v) is 4.51. The van der Waals surface area contributed by atoms with Crippen LogP contribution in [0.25, 0.3) is 0 Å². The molecular formula is C10H8ClNO3. The van der Waals surface area contributed by atoms with Crippen molar-refractivity contribution in [2.45, 2.75) is 13.0 Å². The topological polar surface area (TPSA) is 70.3 Å². The van der Waals surface area contributed by atoms with Gasteiger partial charge in [-0.05, 0) is 25.1 Å². The van der Waals surface area contributed by atoms with E-state index in [2.05, 4.69) is 0 Å². The lowest BCUT2D eigenvalue weighted by Gasteiger charge is -2.11. The summed E-state index contributed by atoms with van der Waals surface area (Å²) < 4.78 is 5.07. The third-order valence-corrected chi connectivity index (χ3v) is 2.01. The first-order valence-electron chi connectivity index (χ1n) is 4.13. The molecule has 0 radical (unpaired) electrons. The summed E-state index contributed by atoms with van der Waals surface area (Å²) in [7, 11) is 0. The van der Waals surface area contributed by atoms with Crippen LogP contribution in [-0.2, 0) is 4.79 Å². The Hall–Kier alpha value is -1.73. The van der Waals surface area contributed by atoms with Gasteiger partial charge in [-0.1, -0.05) is 11.6 Å². The number of nitriles is 1. The average Bonchev–Trinajstić information content (AvgIpc) is 2.20. The molecule has 1 N–H and O–H groups in total. The van der Waals surface area contributed by atoms with Crippen LogP contribution in [-0.4, -0.2) is 17.2 Å². The highest BCUT2D eigenvalue weighted by Gasteiger charge is 2.14. The molecule has 0 amide bonds. The molecule has 0 fully saturated rings. The highest BCUT2D eigenvalue weighted by Crippen LogP contribution is 2.26. The third-order valence-electron chi connectivity index (χ3n) is 1.71. The molecule has 1 rings (SSSR count). The standard InChI is InChI=1S/C10H8ClNO3/c1-6(10(13)14)15-9-3-2-7(5-12)4-8(9)11/h2-4,6H,1H3,(H,13,14). The molecule has 0 heterocycles. The minimum Gasteiger partial charge on any atom is -0.479 e. The average molecular weight is 226 g/mol. The fourth-order valence-corrected chi connectivity index (χ4v) is 1.13. The maximum absolute atomic E-state index is 10.5. The van der Waals surface area contributed by atoms with Gasteiger partial charge >= 0.3 is 5.97 Å². The normalized spacial score (nSPS) is 11.5. The van der Waals surface area contributed by atoms with Crippen molar-refractivity contribution in [3.05, 3.63) is 28.8 Å². The molecule has 0 spiro atoms. The van der Waals surface area contributed by atoms with Gasteiger partial charge in [0.2, 0.25) is 0 Å². The van der Waals surface area contributed by atoms with E-state index >= 15 is 0 Å². The molecule has 5 heteroatoms. The Morgan fingerprint density at radius 3 is 2.80 bits per heavy atom. The Kier molecular flexibility index (Phi) is 3.53. The molecule has 4 nitrogen and oxygen atoms in total. The van der Waals surface area contributed by atoms with E-state index in [0.717, 1.165) is 0 Å². The zero-order valence-electron chi connectivity index (χ0n) is 7.90. The van der Waals surface area contributed by atoms with Crippen LogP contribution in [0.15, 0.2) is 18.2 Å². The van der Waals surface area contributed by atoms with Gasteiger partial charge in [-0.15, -0.1) is 0 Å². The maximum Gasteiger partial charge on any atom is 0.344 e. The van der Waals surface area contributed by atoms with Gasteiger partial charge in [0.15, 0.2) is 6.10 Å². The molecule has 1 aromatic rings. The summed E-state index contributed by atoms with van der Waals surface area (Å²) in [5, 5.41) is 17.4. The van der Waals surface area contributed by atoms with Crippen molar-refractivity contribution < 1.29 is 14.6 Å². The van der Waals surface area contributed by atoms with Crippen LogP contribution in [0.1, 0.15) is 12.5 Å². The molecule has 0 aliphatic rings. The van der Waals surface area contributed by atoms with E-state index in [9.17, 15) is 4.79 Å². The highest BCUT2D eigenvalue weighted by molar-refractivity contribution is 6.32. The summed E-state index contributed by atoms with van der Waals surface area (Å²) in [6, 6.07) is 6.32. The number of ether oxygens (including phenoxy) is 1. The molecular weight excluding hydrogens is 218 g/mol. The Balaban J connectivity index is 2.88. The quantitative estimate of drug-likeness (QED) is 0.855. The second kappa shape index (κ2) is 4.67. The highest BCUT2D eigenvalue weighted by atomic mass is 35.5. The molecule has 0 saturated heterocycles. The predicted molar refractivity (Wildman–Crippen MR) is 53.9 cm³/mol. The number of carbonyl (C=O) groups is 1. The number of hydrogen-bond acceptors (Lipinski definition) is 3. The van der Waals surface area contributed by atoms with E-state index in [0.29, 0.717) is 5.56 Å². The van der Waals surface area contributed by atoms with Crippen LogP contribution >= 0.6 is 11.6 Å². The first-order chi connectivity index (χ1) is 7.04. The molecule has 78 valence electrons. The van der Waals surface area contributed by atoms with Crippen molar-refractivity contribution in [1.82, 2.24) is 0 Å². The summed E-state index contributed by atoms with van der Waals surface area (Å²) in [6.07, 6.45) is -0.976. The van der Waals surface area contributed by atoms with Crippen molar-refractivity contribution in [3.63, 3.8) is 0 Å². The molecule has 0 aromatic heterocycles. The van der Waals surface area contributed by atoms with E-state index in [1.54, 1.807) is 0 Å². The fourth-order valence-electron chi connectivity index (χ4n) is 0.907. The molecule has 0 aliphatic heterocycles. The Morgan fingerprint density at radius 1 is 1.67 bits per heavy atom. The molecule has 15 heavy (non-hydrogen) atoms. The molecule has 0 aliphatic carbocycles.